The van der Waals surface area contributed by atoms with Crippen LogP contribution in [0.1, 0.15) is 11.4 Å². The van der Waals surface area contributed by atoms with Gasteiger partial charge in [-0.25, -0.2) is 9.37 Å². The number of benzene rings is 1. The second kappa shape index (κ2) is 5.48. The van der Waals surface area contributed by atoms with Crippen molar-refractivity contribution in [3.8, 4) is 0 Å². The van der Waals surface area contributed by atoms with Gasteiger partial charge < -0.3 is 5.32 Å². The lowest BCUT2D eigenvalue weighted by molar-refractivity contribution is -0.137. The van der Waals surface area contributed by atoms with Crippen LogP contribution in [0.4, 0.5) is 23.2 Å². The molecule has 1 N–H and O–H groups in total. The van der Waals surface area contributed by atoms with E-state index in [1.54, 1.807) is 7.05 Å². The highest BCUT2D eigenvalue weighted by atomic mass is 19.4. The molecule has 1 aromatic carbocycles. The lowest BCUT2D eigenvalue weighted by Gasteiger charge is -2.10. The van der Waals surface area contributed by atoms with E-state index >= 15 is 0 Å². The number of aryl methyl sites for hydroxylation is 1. The minimum Gasteiger partial charge on any atom is -0.382 e. The molecule has 0 aliphatic rings. The fourth-order valence-corrected chi connectivity index (χ4v) is 1.64. The van der Waals surface area contributed by atoms with Gasteiger partial charge in [-0.05, 0) is 18.2 Å². The molecular formula is C12H12F4N4. The minimum absolute atomic E-state index is 0.0222. The highest BCUT2D eigenvalue weighted by Crippen LogP contribution is 2.31. The maximum absolute atomic E-state index is 13.5. The molecule has 108 valence electrons. The number of anilines is 1. The molecule has 1 heterocycles. The molecule has 1 aromatic heterocycles. The Kier molecular flexibility index (Phi) is 3.91. The molecule has 0 amide bonds. The molecule has 0 aliphatic heterocycles. The maximum Gasteiger partial charge on any atom is 0.416 e. The number of halogens is 4. The van der Waals surface area contributed by atoms with Crippen molar-refractivity contribution >= 4 is 5.69 Å². The fourth-order valence-electron chi connectivity index (χ4n) is 1.64. The van der Waals surface area contributed by atoms with Crippen molar-refractivity contribution in [2.24, 2.45) is 7.05 Å². The predicted octanol–water partition coefficient (Wildman–Crippen LogP) is 2.63. The fraction of sp³-hybridized carbons (Fsp3) is 0.333. The summed E-state index contributed by atoms with van der Waals surface area (Å²) in [7, 11) is 1.72. The Balaban J connectivity index is 1.96. The van der Waals surface area contributed by atoms with E-state index in [9.17, 15) is 17.6 Å². The SMILES string of the molecule is Cn1cnc(CCNc2ccc(C(F)(F)F)cc2F)n1. The Morgan fingerprint density at radius 2 is 2.05 bits per heavy atom. The summed E-state index contributed by atoms with van der Waals surface area (Å²) in [4.78, 5) is 3.99. The molecule has 0 aliphatic carbocycles. The van der Waals surface area contributed by atoms with Crippen LogP contribution in [0.15, 0.2) is 24.5 Å². The first-order valence-electron chi connectivity index (χ1n) is 5.81. The first-order chi connectivity index (χ1) is 9.36. The van der Waals surface area contributed by atoms with Gasteiger partial charge in [-0.3, -0.25) is 4.68 Å². The molecule has 0 unspecified atom stereocenters. The Labute approximate surface area is 112 Å². The third kappa shape index (κ3) is 3.46. The van der Waals surface area contributed by atoms with E-state index in [1.807, 2.05) is 0 Å². The summed E-state index contributed by atoms with van der Waals surface area (Å²) in [5, 5.41) is 6.75. The van der Waals surface area contributed by atoms with Crippen molar-refractivity contribution in [3.63, 3.8) is 0 Å². The van der Waals surface area contributed by atoms with E-state index in [4.69, 9.17) is 0 Å². The second-order valence-corrected chi connectivity index (χ2v) is 4.20. The first kappa shape index (κ1) is 14.3. The number of rotatable bonds is 4. The zero-order chi connectivity index (χ0) is 14.8. The van der Waals surface area contributed by atoms with Crippen LogP contribution in [0, 0.1) is 5.82 Å². The summed E-state index contributed by atoms with van der Waals surface area (Å²) < 4.78 is 52.2. The Hall–Kier alpha value is -2.12. The van der Waals surface area contributed by atoms with Crippen LogP contribution < -0.4 is 5.32 Å². The van der Waals surface area contributed by atoms with Gasteiger partial charge in [0.15, 0.2) is 5.82 Å². The largest absolute Gasteiger partial charge is 0.416 e. The average Bonchev–Trinajstić information content (AvgIpc) is 2.76. The number of alkyl halides is 3. The van der Waals surface area contributed by atoms with Crippen LogP contribution >= 0.6 is 0 Å². The second-order valence-electron chi connectivity index (χ2n) is 4.20. The van der Waals surface area contributed by atoms with Crippen molar-refractivity contribution in [1.29, 1.82) is 0 Å². The van der Waals surface area contributed by atoms with Crippen LogP contribution in [0.5, 0.6) is 0 Å². The molecular weight excluding hydrogens is 276 g/mol. The van der Waals surface area contributed by atoms with E-state index in [2.05, 4.69) is 15.4 Å². The molecule has 0 atom stereocenters. The van der Waals surface area contributed by atoms with Crippen LogP contribution in [0.2, 0.25) is 0 Å². The van der Waals surface area contributed by atoms with Gasteiger partial charge in [0.05, 0.1) is 11.3 Å². The zero-order valence-corrected chi connectivity index (χ0v) is 10.6. The van der Waals surface area contributed by atoms with Crippen molar-refractivity contribution < 1.29 is 17.6 Å². The number of hydrogen-bond acceptors (Lipinski definition) is 3. The smallest absolute Gasteiger partial charge is 0.382 e. The Morgan fingerprint density at radius 3 is 2.60 bits per heavy atom. The molecule has 0 radical (unpaired) electrons. The molecule has 0 bridgehead atoms. The normalized spacial score (nSPS) is 11.7. The lowest BCUT2D eigenvalue weighted by atomic mass is 10.2. The van der Waals surface area contributed by atoms with Crippen molar-refractivity contribution in [2.45, 2.75) is 12.6 Å². The first-order valence-corrected chi connectivity index (χ1v) is 5.81. The van der Waals surface area contributed by atoms with Crippen molar-refractivity contribution in [2.75, 3.05) is 11.9 Å². The summed E-state index contributed by atoms with van der Waals surface area (Å²) in [6.45, 7) is 0.326. The highest BCUT2D eigenvalue weighted by molar-refractivity contribution is 5.46. The van der Waals surface area contributed by atoms with Crippen molar-refractivity contribution in [1.82, 2.24) is 14.8 Å². The van der Waals surface area contributed by atoms with Gasteiger partial charge in [0, 0.05) is 20.0 Å². The van der Waals surface area contributed by atoms with E-state index in [0.717, 1.165) is 12.1 Å². The zero-order valence-electron chi connectivity index (χ0n) is 10.6. The number of aromatic nitrogens is 3. The predicted molar refractivity (Wildman–Crippen MR) is 64.6 cm³/mol. The van der Waals surface area contributed by atoms with E-state index in [-0.39, 0.29) is 5.69 Å². The third-order valence-electron chi connectivity index (χ3n) is 2.61. The van der Waals surface area contributed by atoms with Gasteiger partial charge in [-0.1, -0.05) is 0 Å². The van der Waals surface area contributed by atoms with Crippen LogP contribution in [-0.4, -0.2) is 21.3 Å². The number of nitrogens with zero attached hydrogens (tertiary/aromatic N) is 3. The van der Waals surface area contributed by atoms with Gasteiger partial charge >= 0.3 is 6.18 Å². The minimum atomic E-state index is -4.54. The molecule has 0 fully saturated rings. The summed E-state index contributed by atoms with van der Waals surface area (Å²) in [5.41, 5.74) is -0.985. The summed E-state index contributed by atoms with van der Waals surface area (Å²) in [5.74, 6) is -0.360. The molecule has 0 spiro atoms. The Morgan fingerprint density at radius 1 is 1.30 bits per heavy atom. The summed E-state index contributed by atoms with van der Waals surface area (Å²) in [6, 6.07) is 2.38. The topological polar surface area (TPSA) is 42.7 Å². The molecule has 0 saturated carbocycles. The quantitative estimate of drug-likeness (QED) is 0.879. The molecule has 0 saturated heterocycles. The molecule has 2 rings (SSSR count). The van der Waals surface area contributed by atoms with Gasteiger partial charge in [0.2, 0.25) is 0 Å². The van der Waals surface area contributed by atoms with Gasteiger partial charge in [-0.2, -0.15) is 18.3 Å². The molecule has 4 nitrogen and oxygen atoms in total. The summed E-state index contributed by atoms with van der Waals surface area (Å²) >= 11 is 0. The Bertz CT molecular complexity index is 591. The maximum atomic E-state index is 13.5. The standard InChI is InChI=1S/C12H12F4N4/c1-20-7-18-11(19-20)4-5-17-10-3-2-8(6-9(10)13)12(14,15)16/h2-3,6-7,17H,4-5H2,1H3. The van der Waals surface area contributed by atoms with E-state index in [0.29, 0.717) is 24.9 Å². The monoisotopic (exact) mass is 288 g/mol. The molecule has 20 heavy (non-hydrogen) atoms. The van der Waals surface area contributed by atoms with Crippen molar-refractivity contribution in [3.05, 3.63) is 41.7 Å². The number of nitrogens with one attached hydrogen (secondary N) is 1. The molecule has 8 heteroatoms. The van der Waals surface area contributed by atoms with Gasteiger partial charge in [0.25, 0.3) is 0 Å². The van der Waals surface area contributed by atoms with E-state index < -0.39 is 17.6 Å². The lowest BCUT2D eigenvalue weighted by Crippen LogP contribution is -2.10. The van der Waals surface area contributed by atoms with Crippen LogP contribution in [0.3, 0.4) is 0 Å². The number of hydrogen-bond donors (Lipinski definition) is 1. The molecule has 2 aromatic rings. The highest BCUT2D eigenvalue weighted by Gasteiger charge is 2.31. The average molecular weight is 288 g/mol. The third-order valence-corrected chi connectivity index (χ3v) is 2.61. The van der Waals surface area contributed by atoms with Crippen LogP contribution in [0.25, 0.3) is 0 Å². The summed E-state index contributed by atoms with van der Waals surface area (Å²) in [6.07, 6.45) is -2.56. The van der Waals surface area contributed by atoms with E-state index in [1.165, 1.54) is 11.0 Å². The van der Waals surface area contributed by atoms with Crippen LogP contribution in [-0.2, 0) is 19.6 Å². The van der Waals surface area contributed by atoms with Gasteiger partial charge in [-0.15, -0.1) is 0 Å². The van der Waals surface area contributed by atoms with Gasteiger partial charge in [0.1, 0.15) is 12.1 Å².